The highest BCUT2D eigenvalue weighted by Crippen LogP contribution is 2.38. The molecule has 1 saturated heterocycles. The molecular formula is C25H26ClN3O. The first-order valence-corrected chi connectivity index (χ1v) is 10.8. The molecule has 2 aromatic carbocycles. The third kappa shape index (κ3) is 4.19. The largest absolute Gasteiger partial charge is 0.366 e. The smallest absolute Gasteiger partial charge is 0.249 e. The molecule has 30 heavy (non-hydrogen) atoms. The van der Waals surface area contributed by atoms with Gasteiger partial charge in [-0.3, -0.25) is 4.79 Å². The Bertz CT molecular complexity index is 1050. The Labute approximate surface area is 182 Å². The Morgan fingerprint density at radius 1 is 0.967 bits per heavy atom. The number of primary amides is 1. The first-order valence-electron chi connectivity index (χ1n) is 10.5. The molecule has 3 aromatic rings. The second kappa shape index (κ2) is 8.88. The first-order chi connectivity index (χ1) is 14.5. The molecule has 154 valence electrons. The van der Waals surface area contributed by atoms with Crippen LogP contribution in [0, 0.1) is 6.92 Å². The minimum atomic E-state index is -0.454. The zero-order valence-corrected chi connectivity index (χ0v) is 18.0. The van der Waals surface area contributed by atoms with Crippen molar-refractivity contribution < 1.29 is 4.79 Å². The van der Waals surface area contributed by atoms with Crippen molar-refractivity contribution in [3.8, 4) is 22.3 Å². The van der Waals surface area contributed by atoms with Crippen LogP contribution < -0.4 is 10.6 Å². The van der Waals surface area contributed by atoms with Crippen molar-refractivity contribution >= 4 is 23.3 Å². The van der Waals surface area contributed by atoms with Gasteiger partial charge >= 0.3 is 0 Å². The van der Waals surface area contributed by atoms with Crippen LogP contribution in [-0.4, -0.2) is 24.0 Å². The molecule has 0 bridgehead atoms. The van der Waals surface area contributed by atoms with Gasteiger partial charge in [0.15, 0.2) is 0 Å². The van der Waals surface area contributed by atoms with Crippen LogP contribution in [0.4, 0.5) is 5.82 Å². The topological polar surface area (TPSA) is 59.2 Å². The van der Waals surface area contributed by atoms with Crippen molar-refractivity contribution in [3.05, 3.63) is 70.9 Å². The minimum absolute atomic E-state index is 0.454. The maximum Gasteiger partial charge on any atom is 0.249 e. The third-order valence-corrected chi connectivity index (χ3v) is 5.99. The lowest BCUT2D eigenvalue weighted by Gasteiger charge is -2.22. The molecule has 0 radical (unpaired) electrons. The molecule has 1 aromatic heterocycles. The van der Waals surface area contributed by atoms with E-state index >= 15 is 0 Å². The van der Waals surface area contributed by atoms with Crippen molar-refractivity contribution in [1.82, 2.24) is 4.98 Å². The normalized spacial score (nSPS) is 14.4. The number of carbonyl (C=O) groups excluding carboxylic acids is 1. The number of hydrogen-bond acceptors (Lipinski definition) is 3. The van der Waals surface area contributed by atoms with Crippen LogP contribution in [0.5, 0.6) is 0 Å². The van der Waals surface area contributed by atoms with Crippen molar-refractivity contribution in [3.63, 3.8) is 0 Å². The lowest BCUT2D eigenvalue weighted by atomic mass is 9.87. The number of aryl methyl sites for hydroxylation is 1. The summed E-state index contributed by atoms with van der Waals surface area (Å²) in [4.78, 5) is 19.4. The van der Waals surface area contributed by atoms with E-state index in [4.69, 9.17) is 22.3 Å². The molecular weight excluding hydrogens is 394 g/mol. The molecule has 0 atom stereocenters. The second-order valence-corrected chi connectivity index (χ2v) is 8.30. The fourth-order valence-corrected chi connectivity index (χ4v) is 4.44. The molecule has 4 rings (SSSR count). The van der Waals surface area contributed by atoms with Crippen LogP contribution in [-0.2, 0) is 0 Å². The van der Waals surface area contributed by atoms with Gasteiger partial charge in [0, 0.05) is 41.0 Å². The molecule has 1 amide bonds. The van der Waals surface area contributed by atoms with E-state index in [9.17, 15) is 4.79 Å². The van der Waals surface area contributed by atoms with E-state index in [2.05, 4.69) is 11.0 Å². The highest BCUT2D eigenvalue weighted by molar-refractivity contribution is 6.30. The van der Waals surface area contributed by atoms with Gasteiger partial charge in [0.1, 0.15) is 5.82 Å². The number of carbonyl (C=O) groups is 1. The number of halogens is 1. The number of pyridine rings is 1. The Kier molecular flexibility index (Phi) is 6.05. The zero-order valence-electron chi connectivity index (χ0n) is 17.2. The van der Waals surface area contributed by atoms with Crippen LogP contribution in [0.15, 0.2) is 54.7 Å². The van der Waals surface area contributed by atoms with Gasteiger partial charge in [0.05, 0.1) is 0 Å². The van der Waals surface area contributed by atoms with Gasteiger partial charge < -0.3 is 10.6 Å². The highest BCUT2D eigenvalue weighted by Gasteiger charge is 2.19. The monoisotopic (exact) mass is 419 g/mol. The number of amides is 1. The summed E-state index contributed by atoms with van der Waals surface area (Å²) in [7, 11) is 0. The Morgan fingerprint density at radius 2 is 1.73 bits per heavy atom. The van der Waals surface area contributed by atoms with E-state index in [1.54, 1.807) is 6.07 Å². The van der Waals surface area contributed by atoms with Crippen LogP contribution in [0.25, 0.3) is 22.3 Å². The van der Waals surface area contributed by atoms with Crippen molar-refractivity contribution in [2.24, 2.45) is 5.73 Å². The predicted molar refractivity (Wildman–Crippen MR) is 124 cm³/mol. The summed E-state index contributed by atoms with van der Waals surface area (Å²) in [5.74, 6) is 0.531. The molecule has 2 N–H and O–H groups in total. The number of anilines is 1. The molecule has 1 aliphatic heterocycles. The van der Waals surface area contributed by atoms with E-state index < -0.39 is 5.91 Å². The zero-order chi connectivity index (χ0) is 21.1. The molecule has 1 aliphatic rings. The van der Waals surface area contributed by atoms with Gasteiger partial charge in [-0.05, 0) is 66.8 Å². The molecule has 0 saturated carbocycles. The number of rotatable bonds is 4. The summed E-state index contributed by atoms with van der Waals surface area (Å²) in [5.41, 5.74) is 10.9. The van der Waals surface area contributed by atoms with E-state index in [1.165, 1.54) is 25.7 Å². The van der Waals surface area contributed by atoms with Crippen LogP contribution in [0.3, 0.4) is 0 Å². The average molecular weight is 420 g/mol. The standard InChI is InChI=1S/C25H26ClN3O/c1-17-9-11-21(25(27)30)24(23(17)18-7-6-8-20(26)15-18)19-10-12-22(28-16-19)29-13-4-2-3-5-14-29/h6-12,15-16H,2-5,13-14H2,1H3,(H2,27,30). The molecule has 1 fully saturated rings. The fourth-order valence-electron chi connectivity index (χ4n) is 4.25. The van der Waals surface area contributed by atoms with Gasteiger partial charge in [0.2, 0.25) is 5.91 Å². The summed E-state index contributed by atoms with van der Waals surface area (Å²) in [6.45, 7) is 4.11. The van der Waals surface area contributed by atoms with Gasteiger partial charge in [-0.2, -0.15) is 0 Å². The molecule has 0 spiro atoms. The quantitative estimate of drug-likeness (QED) is 0.576. The number of benzene rings is 2. The van der Waals surface area contributed by atoms with Crippen molar-refractivity contribution in [2.75, 3.05) is 18.0 Å². The van der Waals surface area contributed by atoms with E-state index in [-0.39, 0.29) is 0 Å². The minimum Gasteiger partial charge on any atom is -0.366 e. The molecule has 2 heterocycles. The van der Waals surface area contributed by atoms with Crippen LogP contribution in [0.2, 0.25) is 5.02 Å². The van der Waals surface area contributed by atoms with Crippen molar-refractivity contribution in [2.45, 2.75) is 32.6 Å². The second-order valence-electron chi connectivity index (χ2n) is 7.86. The van der Waals surface area contributed by atoms with Crippen molar-refractivity contribution in [1.29, 1.82) is 0 Å². The van der Waals surface area contributed by atoms with E-state index in [0.717, 1.165) is 46.7 Å². The summed E-state index contributed by atoms with van der Waals surface area (Å²) < 4.78 is 0. The van der Waals surface area contributed by atoms with Crippen LogP contribution in [0.1, 0.15) is 41.6 Å². The van der Waals surface area contributed by atoms with E-state index in [1.807, 2.05) is 49.5 Å². The van der Waals surface area contributed by atoms with Gasteiger partial charge in [-0.25, -0.2) is 4.98 Å². The SMILES string of the molecule is Cc1ccc(C(N)=O)c(-c2ccc(N3CCCCCC3)nc2)c1-c1cccc(Cl)c1. The number of hydrogen-bond donors (Lipinski definition) is 1. The number of nitrogens with zero attached hydrogens (tertiary/aromatic N) is 2. The number of nitrogens with two attached hydrogens (primary N) is 1. The van der Waals surface area contributed by atoms with E-state index in [0.29, 0.717) is 10.6 Å². The van der Waals surface area contributed by atoms with Gasteiger partial charge in [-0.15, -0.1) is 0 Å². The summed E-state index contributed by atoms with van der Waals surface area (Å²) in [5, 5.41) is 0.650. The Hall–Kier alpha value is -2.85. The first kappa shape index (κ1) is 20.4. The lowest BCUT2D eigenvalue weighted by Crippen LogP contribution is -2.24. The molecule has 0 unspecified atom stereocenters. The maximum absolute atomic E-state index is 12.3. The predicted octanol–water partition coefficient (Wildman–Crippen LogP) is 5.86. The Morgan fingerprint density at radius 3 is 2.37 bits per heavy atom. The number of aromatic nitrogens is 1. The fraction of sp³-hybridized carbons (Fsp3) is 0.280. The van der Waals surface area contributed by atoms with Crippen LogP contribution >= 0.6 is 11.6 Å². The van der Waals surface area contributed by atoms with Gasteiger partial charge in [-0.1, -0.05) is 42.6 Å². The summed E-state index contributed by atoms with van der Waals surface area (Å²) >= 11 is 6.26. The Balaban J connectivity index is 1.83. The maximum atomic E-state index is 12.3. The molecule has 4 nitrogen and oxygen atoms in total. The summed E-state index contributed by atoms with van der Waals surface area (Å²) in [6.07, 6.45) is 6.82. The molecule has 5 heteroatoms. The third-order valence-electron chi connectivity index (χ3n) is 5.76. The molecule has 0 aliphatic carbocycles. The lowest BCUT2D eigenvalue weighted by molar-refractivity contribution is 0.100. The highest BCUT2D eigenvalue weighted by atomic mass is 35.5. The average Bonchev–Trinajstić information content (AvgIpc) is 3.03. The summed E-state index contributed by atoms with van der Waals surface area (Å²) in [6, 6.07) is 15.5. The van der Waals surface area contributed by atoms with Gasteiger partial charge in [0.25, 0.3) is 0 Å².